The minimum absolute atomic E-state index is 0. The average molecular weight is 462 g/mol. The van der Waals surface area contributed by atoms with E-state index in [1.54, 1.807) is 30.3 Å². The standard InChI is InChI=1S/C18H24F5N3O3.ClH/c1-10(2)13(14(27)18(22,23)16(29)25-9-17(19,20)21)26-15(28)12(24)8-11-6-4-3-5-7-11;/h3-7,10,12-14,27H,8-9,24H2,1-2H3,(H,25,29)(H,26,28);1H/t12-,13-,14?;/m0./s1. The normalized spacial score (nSPS) is 15.0. The second-order valence-electron chi connectivity index (χ2n) is 6.94. The highest BCUT2D eigenvalue weighted by molar-refractivity contribution is 5.85. The second-order valence-corrected chi connectivity index (χ2v) is 6.94. The number of alkyl halides is 5. The predicted octanol–water partition coefficient (Wildman–Crippen LogP) is 1.79. The van der Waals surface area contributed by atoms with Gasteiger partial charge in [0.2, 0.25) is 5.91 Å². The third-order valence-corrected chi connectivity index (χ3v) is 4.13. The van der Waals surface area contributed by atoms with E-state index in [0.717, 1.165) is 5.32 Å². The third kappa shape index (κ3) is 8.41. The Morgan fingerprint density at radius 1 is 1.10 bits per heavy atom. The molecule has 0 heterocycles. The summed E-state index contributed by atoms with van der Waals surface area (Å²) in [5.74, 6) is -8.50. The van der Waals surface area contributed by atoms with Crippen LogP contribution in [0.3, 0.4) is 0 Å². The smallest absolute Gasteiger partial charge is 0.384 e. The van der Waals surface area contributed by atoms with Crippen LogP contribution in [0.2, 0.25) is 0 Å². The van der Waals surface area contributed by atoms with Gasteiger partial charge < -0.3 is 21.5 Å². The second kappa shape index (κ2) is 11.4. The van der Waals surface area contributed by atoms with E-state index in [0.29, 0.717) is 5.56 Å². The highest BCUT2D eigenvalue weighted by Crippen LogP contribution is 2.25. The van der Waals surface area contributed by atoms with Crippen LogP contribution >= 0.6 is 12.4 Å². The molecule has 1 aromatic carbocycles. The van der Waals surface area contributed by atoms with Gasteiger partial charge in [0.05, 0.1) is 12.1 Å². The number of rotatable bonds is 9. The van der Waals surface area contributed by atoms with Crippen LogP contribution in [0.1, 0.15) is 19.4 Å². The molecule has 1 aromatic rings. The van der Waals surface area contributed by atoms with Gasteiger partial charge >= 0.3 is 12.1 Å². The van der Waals surface area contributed by atoms with Crippen molar-refractivity contribution in [1.82, 2.24) is 10.6 Å². The van der Waals surface area contributed by atoms with Gasteiger partial charge in [0.1, 0.15) is 12.6 Å². The molecule has 0 saturated heterocycles. The van der Waals surface area contributed by atoms with E-state index in [1.807, 2.05) is 0 Å². The molecule has 0 fully saturated rings. The summed E-state index contributed by atoms with van der Waals surface area (Å²) in [7, 11) is 0. The zero-order valence-electron chi connectivity index (χ0n) is 16.2. The first kappa shape index (κ1) is 28.0. The highest BCUT2D eigenvalue weighted by Gasteiger charge is 2.51. The molecule has 1 unspecified atom stereocenters. The Hall–Kier alpha value is -1.98. The first-order valence-corrected chi connectivity index (χ1v) is 8.76. The van der Waals surface area contributed by atoms with E-state index in [4.69, 9.17) is 5.73 Å². The summed E-state index contributed by atoms with van der Waals surface area (Å²) in [6.45, 7) is 0.802. The number of amides is 2. The van der Waals surface area contributed by atoms with Crippen LogP contribution in [0.25, 0.3) is 0 Å². The maximum atomic E-state index is 14.2. The van der Waals surface area contributed by atoms with E-state index in [-0.39, 0.29) is 18.8 Å². The summed E-state index contributed by atoms with van der Waals surface area (Å²) in [5.41, 5.74) is 6.49. The van der Waals surface area contributed by atoms with Crippen molar-refractivity contribution in [2.75, 3.05) is 6.54 Å². The number of aliphatic hydroxyl groups excluding tert-OH is 1. The Morgan fingerprint density at radius 3 is 2.10 bits per heavy atom. The van der Waals surface area contributed by atoms with Crippen LogP contribution in [0, 0.1) is 5.92 Å². The van der Waals surface area contributed by atoms with Gasteiger partial charge in [-0.2, -0.15) is 22.0 Å². The summed E-state index contributed by atoms with van der Waals surface area (Å²) in [4.78, 5) is 23.8. The lowest BCUT2D eigenvalue weighted by molar-refractivity contribution is -0.174. The van der Waals surface area contributed by atoms with Crippen molar-refractivity contribution in [3.8, 4) is 0 Å². The minimum Gasteiger partial charge on any atom is -0.384 e. The summed E-state index contributed by atoms with van der Waals surface area (Å²) in [5, 5.41) is 13.2. The highest BCUT2D eigenvalue weighted by atomic mass is 35.5. The largest absolute Gasteiger partial charge is 0.405 e. The molecule has 0 bridgehead atoms. The Morgan fingerprint density at radius 2 is 1.63 bits per heavy atom. The molecule has 0 aliphatic carbocycles. The Labute approximate surface area is 176 Å². The maximum Gasteiger partial charge on any atom is 0.405 e. The molecular formula is C18H25ClF5N3O3. The van der Waals surface area contributed by atoms with Gasteiger partial charge in [-0.15, -0.1) is 12.4 Å². The monoisotopic (exact) mass is 461 g/mol. The minimum atomic E-state index is -4.90. The Balaban J connectivity index is 0.00000841. The molecule has 1 rings (SSSR count). The molecule has 0 saturated carbocycles. The zero-order valence-corrected chi connectivity index (χ0v) is 17.1. The van der Waals surface area contributed by atoms with Crippen molar-refractivity contribution < 1.29 is 36.6 Å². The van der Waals surface area contributed by atoms with Gasteiger partial charge in [0.25, 0.3) is 5.91 Å². The summed E-state index contributed by atoms with van der Waals surface area (Å²) in [6, 6.07) is 5.87. The maximum absolute atomic E-state index is 14.2. The molecule has 5 N–H and O–H groups in total. The molecule has 0 radical (unpaired) electrons. The number of nitrogens with two attached hydrogens (primary N) is 1. The number of aliphatic hydroxyl groups is 1. The fraction of sp³-hybridized carbons (Fsp3) is 0.556. The van der Waals surface area contributed by atoms with Crippen LogP contribution < -0.4 is 16.4 Å². The van der Waals surface area contributed by atoms with Crippen molar-refractivity contribution in [2.45, 2.75) is 50.6 Å². The fourth-order valence-corrected chi connectivity index (χ4v) is 2.50. The first-order chi connectivity index (χ1) is 13.3. The van der Waals surface area contributed by atoms with Crippen molar-refractivity contribution >= 4 is 24.2 Å². The molecule has 2 amide bonds. The molecular weight excluding hydrogens is 437 g/mol. The van der Waals surface area contributed by atoms with E-state index in [1.165, 1.54) is 13.8 Å². The number of hydrogen-bond acceptors (Lipinski definition) is 4. The SMILES string of the molecule is CC(C)[C@H](NC(=O)[C@@H](N)Cc1ccccc1)C(O)C(F)(F)C(=O)NCC(F)(F)F.Cl. The van der Waals surface area contributed by atoms with Crippen molar-refractivity contribution in [1.29, 1.82) is 0 Å². The lowest BCUT2D eigenvalue weighted by Crippen LogP contribution is -2.61. The van der Waals surface area contributed by atoms with Gasteiger partial charge in [-0.3, -0.25) is 9.59 Å². The zero-order chi connectivity index (χ0) is 22.4. The fourth-order valence-electron chi connectivity index (χ4n) is 2.50. The molecule has 0 aliphatic rings. The molecule has 12 heteroatoms. The number of carbonyl (C=O) groups is 2. The third-order valence-electron chi connectivity index (χ3n) is 4.13. The molecule has 0 aliphatic heterocycles. The van der Waals surface area contributed by atoms with Crippen molar-refractivity contribution in [3.05, 3.63) is 35.9 Å². The quantitative estimate of drug-likeness (QED) is 0.421. The first-order valence-electron chi connectivity index (χ1n) is 8.76. The van der Waals surface area contributed by atoms with Gasteiger partial charge in [0.15, 0.2) is 0 Å². The summed E-state index contributed by atoms with van der Waals surface area (Å²) < 4.78 is 64.8. The van der Waals surface area contributed by atoms with Crippen LogP contribution in [0.4, 0.5) is 22.0 Å². The van der Waals surface area contributed by atoms with Crippen LogP contribution in [-0.2, 0) is 16.0 Å². The lowest BCUT2D eigenvalue weighted by Gasteiger charge is -2.32. The van der Waals surface area contributed by atoms with E-state index < -0.39 is 54.6 Å². The van der Waals surface area contributed by atoms with Gasteiger partial charge in [-0.05, 0) is 17.9 Å². The molecule has 3 atom stereocenters. The number of benzene rings is 1. The molecule has 0 aromatic heterocycles. The van der Waals surface area contributed by atoms with Crippen LogP contribution in [0.15, 0.2) is 30.3 Å². The topological polar surface area (TPSA) is 104 Å². The summed E-state index contributed by atoms with van der Waals surface area (Å²) in [6.07, 6.45) is -7.56. The van der Waals surface area contributed by atoms with Gasteiger partial charge in [-0.25, -0.2) is 0 Å². The van der Waals surface area contributed by atoms with E-state index in [2.05, 4.69) is 5.32 Å². The van der Waals surface area contributed by atoms with Crippen molar-refractivity contribution in [3.63, 3.8) is 0 Å². The van der Waals surface area contributed by atoms with E-state index >= 15 is 0 Å². The van der Waals surface area contributed by atoms with Crippen LogP contribution in [0.5, 0.6) is 0 Å². The lowest BCUT2D eigenvalue weighted by atomic mass is 9.93. The summed E-state index contributed by atoms with van der Waals surface area (Å²) >= 11 is 0. The van der Waals surface area contributed by atoms with Crippen molar-refractivity contribution in [2.24, 2.45) is 11.7 Å². The number of carbonyl (C=O) groups excluding carboxylic acids is 2. The van der Waals surface area contributed by atoms with Gasteiger partial charge in [0, 0.05) is 0 Å². The average Bonchev–Trinajstić information content (AvgIpc) is 2.63. The molecule has 172 valence electrons. The van der Waals surface area contributed by atoms with Crippen LogP contribution in [-0.4, -0.2) is 53.8 Å². The Kier molecular flexibility index (Phi) is 10.7. The molecule has 0 spiro atoms. The van der Waals surface area contributed by atoms with Gasteiger partial charge in [-0.1, -0.05) is 44.2 Å². The predicted molar refractivity (Wildman–Crippen MR) is 102 cm³/mol. The van der Waals surface area contributed by atoms with E-state index in [9.17, 15) is 36.6 Å². The number of hydrogen-bond donors (Lipinski definition) is 4. The number of nitrogens with one attached hydrogen (secondary N) is 2. The number of halogens is 6. The molecule has 30 heavy (non-hydrogen) atoms. The Bertz CT molecular complexity index is 689. The molecule has 6 nitrogen and oxygen atoms in total.